The molecule has 1 unspecified atom stereocenters. The first-order chi connectivity index (χ1) is 10.1. The highest BCUT2D eigenvalue weighted by atomic mass is 16.5. The van der Waals surface area contributed by atoms with Crippen LogP contribution in [-0.4, -0.2) is 40.3 Å². The second-order valence-corrected chi connectivity index (χ2v) is 5.42. The summed E-state index contributed by atoms with van der Waals surface area (Å²) in [4.78, 5) is 24.2. The first kappa shape index (κ1) is 15.6. The standard InChI is InChI=1S/C15H22N2O4/c1-2-5-12(17-8-3-4-9-17)13(18)16-15(14(19)20)6-10-21-11-7-15/h3-4,8-9,12H,2,5-7,10-11H2,1H3,(H,16,18)(H,19,20). The maximum Gasteiger partial charge on any atom is 0.329 e. The van der Waals surface area contributed by atoms with Gasteiger partial charge in [-0.25, -0.2) is 4.79 Å². The Bertz CT molecular complexity index is 478. The normalized spacial score (nSPS) is 18.9. The number of aromatic nitrogens is 1. The number of hydrogen-bond donors (Lipinski definition) is 2. The molecule has 1 amide bonds. The molecule has 2 N–H and O–H groups in total. The number of carboxylic acid groups (broad SMARTS) is 1. The number of aliphatic carboxylic acids is 1. The lowest BCUT2D eigenvalue weighted by molar-refractivity contribution is -0.152. The van der Waals surface area contributed by atoms with Gasteiger partial charge >= 0.3 is 5.97 Å². The quantitative estimate of drug-likeness (QED) is 0.834. The number of carboxylic acids is 1. The fourth-order valence-electron chi connectivity index (χ4n) is 2.68. The van der Waals surface area contributed by atoms with Gasteiger partial charge in [-0.3, -0.25) is 4.79 Å². The van der Waals surface area contributed by atoms with E-state index in [1.165, 1.54) is 0 Å². The minimum Gasteiger partial charge on any atom is -0.480 e. The van der Waals surface area contributed by atoms with Gasteiger partial charge in [-0.05, 0) is 18.6 Å². The Morgan fingerprint density at radius 3 is 2.48 bits per heavy atom. The predicted molar refractivity (Wildman–Crippen MR) is 76.9 cm³/mol. The lowest BCUT2D eigenvalue weighted by atomic mass is 9.89. The molecule has 2 rings (SSSR count). The van der Waals surface area contributed by atoms with Crippen molar-refractivity contribution in [2.45, 2.75) is 44.2 Å². The van der Waals surface area contributed by atoms with Crippen molar-refractivity contribution >= 4 is 11.9 Å². The van der Waals surface area contributed by atoms with E-state index in [9.17, 15) is 14.7 Å². The van der Waals surface area contributed by atoms with Crippen molar-refractivity contribution in [2.24, 2.45) is 0 Å². The van der Waals surface area contributed by atoms with Crippen LogP contribution in [-0.2, 0) is 14.3 Å². The van der Waals surface area contributed by atoms with Gasteiger partial charge in [-0.15, -0.1) is 0 Å². The van der Waals surface area contributed by atoms with Crippen LogP contribution < -0.4 is 5.32 Å². The Morgan fingerprint density at radius 1 is 1.33 bits per heavy atom. The average Bonchev–Trinajstić information content (AvgIpc) is 2.99. The van der Waals surface area contributed by atoms with Gasteiger partial charge < -0.3 is 19.7 Å². The van der Waals surface area contributed by atoms with Crippen LogP contribution in [0.5, 0.6) is 0 Å². The third kappa shape index (κ3) is 3.44. The number of carbonyl (C=O) groups is 2. The average molecular weight is 294 g/mol. The molecular formula is C15H22N2O4. The predicted octanol–water partition coefficient (Wildman–Crippen LogP) is 1.58. The Labute approximate surface area is 124 Å². The number of rotatable bonds is 6. The first-order valence-electron chi connectivity index (χ1n) is 7.34. The van der Waals surface area contributed by atoms with E-state index in [1.54, 1.807) is 0 Å². The molecule has 0 saturated carbocycles. The minimum atomic E-state index is -1.20. The molecule has 6 nitrogen and oxygen atoms in total. The van der Waals surface area contributed by atoms with Crippen LogP contribution in [0, 0.1) is 0 Å². The van der Waals surface area contributed by atoms with E-state index in [4.69, 9.17) is 4.74 Å². The second-order valence-electron chi connectivity index (χ2n) is 5.42. The van der Waals surface area contributed by atoms with Crippen LogP contribution in [0.2, 0.25) is 0 Å². The molecule has 116 valence electrons. The summed E-state index contributed by atoms with van der Waals surface area (Å²) in [5.74, 6) is -1.22. The molecule has 1 aliphatic heterocycles. The van der Waals surface area contributed by atoms with Crippen LogP contribution in [0.1, 0.15) is 38.6 Å². The molecule has 1 aliphatic rings. The van der Waals surface area contributed by atoms with Crippen molar-refractivity contribution in [3.8, 4) is 0 Å². The Balaban J connectivity index is 2.14. The summed E-state index contributed by atoms with van der Waals surface area (Å²) in [5.41, 5.74) is -1.20. The van der Waals surface area contributed by atoms with E-state index in [2.05, 4.69) is 5.32 Å². The lowest BCUT2D eigenvalue weighted by Gasteiger charge is -2.35. The zero-order chi connectivity index (χ0) is 15.3. The Kier molecular flexibility index (Phi) is 5.01. The summed E-state index contributed by atoms with van der Waals surface area (Å²) in [6, 6.07) is 3.35. The molecule has 1 aromatic rings. The van der Waals surface area contributed by atoms with Crippen LogP contribution in [0.3, 0.4) is 0 Å². The number of nitrogens with zero attached hydrogens (tertiary/aromatic N) is 1. The van der Waals surface area contributed by atoms with E-state index in [1.807, 2.05) is 36.0 Å². The topological polar surface area (TPSA) is 80.6 Å². The van der Waals surface area contributed by atoms with E-state index >= 15 is 0 Å². The molecule has 1 aromatic heterocycles. The summed E-state index contributed by atoms with van der Waals surface area (Å²) in [7, 11) is 0. The van der Waals surface area contributed by atoms with Crippen molar-refractivity contribution in [3.63, 3.8) is 0 Å². The molecule has 0 aliphatic carbocycles. The maximum atomic E-state index is 12.6. The van der Waals surface area contributed by atoms with Crippen molar-refractivity contribution in [2.75, 3.05) is 13.2 Å². The summed E-state index contributed by atoms with van der Waals surface area (Å²) in [6.45, 7) is 2.72. The highest BCUT2D eigenvalue weighted by molar-refractivity contribution is 5.89. The summed E-state index contributed by atoms with van der Waals surface area (Å²) >= 11 is 0. The number of amides is 1. The molecule has 2 heterocycles. The zero-order valence-corrected chi connectivity index (χ0v) is 12.2. The molecule has 1 saturated heterocycles. The largest absolute Gasteiger partial charge is 0.480 e. The molecule has 0 radical (unpaired) electrons. The smallest absolute Gasteiger partial charge is 0.329 e. The minimum absolute atomic E-state index is 0.239. The number of ether oxygens (including phenoxy) is 1. The third-order valence-electron chi connectivity index (χ3n) is 3.97. The van der Waals surface area contributed by atoms with Gasteiger partial charge in [0.15, 0.2) is 0 Å². The van der Waals surface area contributed by atoms with Crippen LogP contribution >= 0.6 is 0 Å². The summed E-state index contributed by atoms with van der Waals surface area (Å²) in [5, 5.41) is 12.3. The highest BCUT2D eigenvalue weighted by Crippen LogP contribution is 2.23. The van der Waals surface area contributed by atoms with Crippen LogP contribution in [0.15, 0.2) is 24.5 Å². The highest BCUT2D eigenvalue weighted by Gasteiger charge is 2.42. The monoisotopic (exact) mass is 294 g/mol. The maximum absolute atomic E-state index is 12.6. The van der Waals surface area contributed by atoms with Gasteiger partial charge in [0.25, 0.3) is 0 Å². The fourth-order valence-corrected chi connectivity index (χ4v) is 2.68. The molecule has 6 heteroatoms. The van der Waals surface area contributed by atoms with Gasteiger partial charge in [0.2, 0.25) is 5.91 Å². The van der Waals surface area contributed by atoms with E-state index < -0.39 is 11.5 Å². The van der Waals surface area contributed by atoms with Gasteiger partial charge in [-0.2, -0.15) is 0 Å². The zero-order valence-electron chi connectivity index (χ0n) is 12.2. The molecule has 0 spiro atoms. The van der Waals surface area contributed by atoms with Crippen LogP contribution in [0.25, 0.3) is 0 Å². The lowest BCUT2D eigenvalue weighted by Crippen LogP contribution is -2.58. The van der Waals surface area contributed by atoms with E-state index in [0.717, 1.165) is 6.42 Å². The van der Waals surface area contributed by atoms with E-state index in [0.29, 0.717) is 32.5 Å². The Morgan fingerprint density at radius 2 is 1.95 bits per heavy atom. The second kappa shape index (κ2) is 6.76. The Hall–Kier alpha value is -1.82. The van der Waals surface area contributed by atoms with Crippen molar-refractivity contribution in [1.29, 1.82) is 0 Å². The number of nitrogens with one attached hydrogen (secondary N) is 1. The third-order valence-corrected chi connectivity index (χ3v) is 3.97. The molecule has 1 atom stereocenters. The SMILES string of the molecule is CCCC(C(=O)NC1(C(=O)O)CCOCC1)n1cccc1. The van der Waals surface area contributed by atoms with Crippen molar-refractivity contribution < 1.29 is 19.4 Å². The fraction of sp³-hybridized carbons (Fsp3) is 0.600. The summed E-state index contributed by atoms with van der Waals surface area (Å²) < 4.78 is 7.04. The molecule has 1 fully saturated rings. The van der Waals surface area contributed by atoms with Gasteiger partial charge in [0.05, 0.1) is 0 Å². The van der Waals surface area contributed by atoms with Crippen molar-refractivity contribution in [1.82, 2.24) is 9.88 Å². The number of hydrogen-bond acceptors (Lipinski definition) is 3. The molecular weight excluding hydrogens is 272 g/mol. The van der Waals surface area contributed by atoms with Crippen LogP contribution in [0.4, 0.5) is 0 Å². The molecule has 0 bridgehead atoms. The first-order valence-corrected chi connectivity index (χ1v) is 7.34. The van der Waals surface area contributed by atoms with Gasteiger partial charge in [0.1, 0.15) is 11.6 Å². The van der Waals surface area contributed by atoms with E-state index in [-0.39, 0.29) is 11.9 Å². The van der Waals surface area contributed by atoms with Gasteiger partial charge in [0, 0.05) is 38.4 Å². The molecule has 0 aromatic carbocycles. The summed E-state index contributed by atoms with van der Waals surface area (Å²) in [6.07, 6.45) is 5.79. The van der Waals surface area contributed by atoms with Gasteiger partial charge in [-0.1, -0.05) is 13.3 Å². The molecule has 21 heavy (non-hydrogen) atoms. The number of carbonyl (C=O) groups excluding carboxylic acids is 1. The van der Waals surface area contributed by atoms with Crippen molar-refractivity contribution in [3.05, 3.63) is 24.5 Å².